The quantitative estimate of drug-likeness (QED) is 0.743. The fourth-order valence-corrected chi connectivity index (χ4v) is 3.76. The zero-order valence-corrected chi connectivity index (χ0v) is 15.7. The van der Waals surface area contributed by atoms with E-state index in [1.54, 1.807) is 29.2 Å². The van der Waals surface area contributed by atoms with E-state index in [0.717, 1.165) is 23.3 Å². The number of likely N-dealkylation sites (N-methyl/N-ethyl adjacent to an activating group) is 1. The van der Waals surface area contributed by atoms with Crippen molar-refractivity contribution in [3.8, 4) is 0 Å². The molecule has 2 aromatic carbocycles. The molecule has 0 unspecified atom stereocenters. The van der Waals surface area contributed by atoms with E-state index in [1.165, 1.54) is 0 Å². The van der Waals surface area contributed by atoms with E-state index in [1.807, 2.05) is 37.4 Å². The van der Waals surface area contributed by atoms with Gasteiger partial charge in [0.1, 0.15) is 6.54 Å². The molecule has 7 heteroatoms. The number of fused-ring (bicyclic) bond motifs is 1. The van der Waals surface area contributed by atoms with Gasteiger partial charge in [-0.3, -0.25) is 19.5 Å². The molecule has 1 atom stereocenters. The fraction of sp³-hybridized carbons (Fsp3) is 0.286. The molecule has 2 heterocycles. The van der Waals surface area contributed by atoms with Crippen molar-refractivity contribution in [3.05, 3.63) is 80.9 Å². The van der Waals surface area contributed by atoms with Gasteiger partial charge in [-0.05, 0) is 24.7 Å². The van der Waals surface area contributed by atoms with E-state index in [9.17, 15) is 14.4 Å². The van der Waals surface area contributed by atoms with E-state index < -0.39 is 0 Å². The summed E-state index contributed by atoms with van der Waals surface area (Å²) in [5, 5.41) is 3.19. The van der Waals surface area contributed by atoms with Crippen molar-refractivity contribution in [2.45, 2.75) is 12.6 Å². The van der Waals surface area contributed by atoms with Gasteiger partial charge in [0.25, 0.3) is 11.1 Å². The topological polar surface area (TPSA) is 78.4 Å². The monoisotopic (exact) mass is 378 g/mol. The van der Waals surface area contributed by atoms with Crippen LogP contribution in [0.3, 0.4) is 0 Å². The van der Waals surface area contributed by atoms with Crippen molar-refractivity contribution < 1.29 is 4.79 Å². The first-order chi connectivity index (χ1) is 13.5. The molecule has 1 N–H and O–H groups in total. The van der Waals surface area contributed by atoms with Gasteiger partial charge in [-0.15, -0.1) is 0 Å². The number of amides is 1. The van der Waals surface area contributed by atoms with Gasteiger partial charge in [0, 0.05) is 19.6 Å². The van der Waals surface area contributed by atoms with Crippen LogP contribution in [0.15, 0.2) is 64.2 Å². The first-order valence-corrected chi connectivity index (χ1v) is 9.29. The van der Waals surface area contributed by atoms with Crippen LogP contribution >= 0.6 is 0 Å². The Morgan fingerprint density at radius 2 is 1.68 bits per heavy atom. The van der Waals surface area contributed by atoms with Crippen LogP contribution in [-0.2, 0) is 11.3 Å². The highest BCUT2D eigenvalue weighted by molar-refractivity contribution is 5.81. The van der Waals surface area contributed by atoms with Gasteiger partial charge in [-0.25, -0.2) is 4.68 Å². The maximum absolute atomic E-state index is 13.1. The van der Waals surface area contributed by atoms with Crippen molar-refractivity contribution in [2.24, 2.45) is 0 Å². The molecular formula is C21H22N4O3. The third-order valence-electron chi connectivity index (χ3n) is 5.27. The lowest BCUT2D eigenvalue weighted by molar-refractivity contribution is -0.137. The van der Waals surface area contributed by atoms with Crippen LogP contribution in [0, 0.1) is 0 Å². The smallest absolute Gasteiger partial charge is 0.273 e. The van der Waals surface area contributed by atoms with Gasteiger partial charge in [-0.2, -0.15) is 0 Å². The highest BCUT2D eigenvalue weighted by Gasteiger charge is 2.30. The standard InChI is InChI=1S/C21H22N4O3/c1-23-11-12-24(18(13-23)15-7-3-2-4-8-15)19(26)14-25-21(28)17-10-6-5-9-16(17)20(27)22-25/h2-10,18H,11-14H2,1H3,(H,22,27)/t18-/m0/s1. The van der Waals surface area contributed by atoms with Gasteiger partial charge >= 0.3 is 0 Å². The molecule has 1 amide bonds. The first-order valence-electron chi connectivity index (χ1n) is 9.29. The second-order valence-corrected chi connectivity index (χ2v) is 7.15. The van der Waals surface area contributed by atoms with Gasteiger partial charge in [0.05, 0.1) is 16.8 Å². The number of benzene rings is 2. The predicted molar refractivity (Wildman–Crippen MR) is 107 cm³/mol. The number of piperazine rings is 1. The fourth-order valence-electron chi connectivity index (χ4n) is 3.76. The first kappa shape index (κ1) is 18.2. The number of H-pyrrole nitrogens is 1. The number of aromatic amines is 1. The minimum Gasteiger partial charge on any atom is -0.331 e. The van der Waals surface area contributed by atoms with E-state index >= 15 is 0 Å². The molecule has 1 aliphatic heterocycles. The van der Waals surface area contributed by atoms with Crippen molar-refractivity contribution in [1.82, 2.24) is 19.6 Å². The largest absolute Gasteiger partial charge is 0.331 e. The Bertz CT molecular complexity index is 1120. The molecule has 1 saturated heterocycles. The molecule has 0 aliphatic carbocycles. The van der Waals surface area contributed by atoms with Gasteiger partial charge in [0.15, 0.2) is 0 Å². The minimum atomic E-state index is -0.374. The third kappa shape index (κ3) is 3.36. The van der Waals surface area contributed by atoms with E-state index in [0.29, 0.717) is 17.3 Å². The van der Waals surface area contributed by atoms with Crippen LogP contribution in [0.1, 0.15) is 11.6 Å². The Labute approximate surface area is 161 Å². The summed E-state index contributed by atoms with van der Waals surface area (Å²) in [5.74, 6) is -0.185. The Hall–Kier alpha value is -3.19. The highest BCUT2D eigenvalue weighted by Crippen LogP contribution is 2.25. The molecule has 28 heavy (non-hydrogen) atoms. The molecule has 0 saturated carbocycles. The highest BCUT2D eigenvalue weighted by atomic mass is 16.2. The SMILES string of the molecule is CN1CCN(C(=O)Cn2[nH]c(=O)c3ccccc3c2=O)[C@H](c2ccccc2)C1. The molecule has 0 bridgehead atoms. The average molecular weight is 378 g/mol. The number of carbonyl (C=O) groups excluding carboxylic acids is 1. The number of nitrogens with zero attached hydrogens (tertiary/aromatic N) is 3. The van der Waals surface area contributed by atoms with Crippen LogP contribution < -0.4 is 11.1 Å². The second kappa shape index (κ2) is 7.44. The van der Waals surface area contributed by atoms with Gasteiger partial charge in [-0.1, -0.05) is 42.5 Å². The van der Waals surface area contributed by atoms with Crippen LogP contribution in [0.25, 0.3) is 10.8 Å². The maximum Gasteiger partial charge on any atom is 0.273 e. The molecule has 0 spiro atoms. The Kier molecular flexibility index (Phi) is 4.83. The lowest BCUT2D eigenvalue weighted by atomic mass is 10.0. The lowest BCUT2D eigenvalue weighted by Crippen LogP contribution is -2.51. The van der Waals surface area contributed by atoms with Gasteiger partial charge in [0.2, 0.25) is 5.91 Å². The summed E-state index contributed by atoms with van der Waals surface area (Å²) < 4.78 is 1.12. The number of carbonyl (C=O) groups is 1. The summed E-state index contributed by atoms with van der Waals surface area (Å²) in [7, 11) is 2.03. The summed E-state index contributed by atoms with van der Waals surface area (Å²) in [5.41, 5.74) is 0.316. The molecule has 4 rings (SSSR count). The number of hydrogen-bond donors (Lipinski definition) is 1. The molecule has 1 aliphatic rings. The van der Waals surface area contributed by atoms with Crippen molar-refractivity contribution in [3.63, 3.8) is 0 Å². The minimum absolute atomic E-state index is 0.0877. The molecule has 0 radical (unpaired) electrons. The van der Waals surface area contributed by atoms with Gasteiger partial charge < -0.3 is 9.80 Å². The summed E-state index contributed by atoms with van der Waals surface area (Å²) in [6, 6.07) is 16.4. The molecule has 144 valence electrons. The zero-order chi connectivity index (χ0) is 19.7. The molecule has 1 aromatic heterocycles. The summed E-state index contributed by atoms with van der Waals surface area (Å²) in [6.07, 6.45) is 0. The Morgan fingerprint density at radius 3 is 2.43 bits per heavy atom. The van der Waals surface area contributed by atoms with Crippen molar-refractivity contribution in [2.75, 3.05) is 26.7 Å². The molecule has 3 aromatic rings. The van der Waals surface area contributed by atoms with Crippen LogP contribution in [0.5, 0.6) is 0 Å². The number of hydrogen-bond acceptors (Lipinski definition) is 4. The van der Waals surface area contributed by atoms with Crippen LogP contribution in [-0.4, -0.2) is 52.2 Å². The number of aromatic nitrogens is 2. The van der Waals surface area contributed by atoms with Crippen LogP contribution in [0.4, 0.5) is 0 Å². The average Bonchev–Trinajstić information content (AvgIpc) is 2.72. The van der Waals surface area contributed by atoms with E-state index in [-0.39, 0.29) is 29.6 Å². The van der Waals surface area contributed by atoms with E-state index in [4.69, 9.17) is 0 Å². The molecule has 7 nitrogen and oxygen atoms in total. The van der Waals surface area contributed by atoms with Crippen molar-refractivity contribution in [1.29, 1.82) is 0 Å². The number of nitrogens with one attached hydrogen (secondary N) is 1. The Balaban J connectivity index is 1.66. The predicted octanol–water partition coefficient (Wildman–Crippen LogP) is 1.21. The zero-order valence-electron chi connectivity index (χ0n) is 15.7. The molecule has 1 fully saturated rings. The maximum atomic E-state index is 13.1. The van der Waals surface area contributed by atoms with Crippen LogP contribution in [0.2, 0.25) is 0 Å². The normalized spacial score (nSPS) is 17.8. The summed E-state index contributed by atoms with van der Waals surface area (Å²) in [6.45, 7) is 1.87. The second-order valence-electron chi connectivity index (χ2n) is 7.15. The summed E-state index contributed by atoms with van der Waals surface area (Å²) >= 11 is 0. The van der Waals surface area contributed by atoms with E-state index in [2.05, 4.69) is 10.00 Å². The summed E-state index contributed by atoms with van der Waals surface area (Å²) in [4.78, 5) is 42.1. The third-order valence-corrected chi connectivity index (χ3v) is 5.27. The lowest BCUT2D eigenvalue weighted by Gasteiger charge is -2.40. The molecular weight excluding hydrogens is 356 g/mol. The Morgan fingerprint density at radius 1 is 1.00 bits per heavy atom. The van der Waals surface area contributed by atoms with Crippen molar-refractivity contribution >= 4 is 16.7 Å². The number of rotatable bonds is 3.